The van der Waals surface area contributed by atoms with E-state index in [2.05, 4.69) is 0 Å². The third kappa shape index (κ3) is 2.53. The lowest BCUT2D eigenvalue weighted by Gasteiger charge is -2.43. The van der Waals surface area contributed by atoms with E-state index in [0.29, 0.717) is 4.90 Å². The maximum Gasteiger partial charge on any atom is 0.471 e. The van der Waals surface area contributed by atoms with Crippen LogP contribution in [0.2, 0.25) is 0 Å². The van der Waals surface area contributed by atoms with Crippen LogP contribution >= 0.6 is 22.6 Å². The first-order valence-electron chi connectivity index (χ1n) is 3.58. The molecule has 0 radical (unpaired) electrons. The van der Waals surface area contributed by atoms with E-state index >= 15 is 0 Å². The van der Waals surface area contributed by atoms with Crippen molar-refractivity contribution in [1.82, 2.24) is 4.90 Å². The predicted molar refractivity (Wildman–Crippen MR) is 52.5 cm³/mol. The maximum absolute atomic E-state index is 11.9. The zero-order valence-corrected chi connectivity index (χ0v) is 10.0. The first-order valence-corrected chi connectivity index (χ1v) is 6.44. The minimum Gasteiger partial charge on any atom is -0.320 e. The fourth-order valence-electron chi connectivity index (χ4n) is 1.06. The number of sulfonamides is 1. The normalized spacial score (nSPS) is 27.4. The molecule has 0 aromatic carbocycles. The average Bonchev–Trinajstić information content (AvgIpc) is 1.97. The smallest absolute Gasteiger partial charge is 0.320 e. The molecule has 1 fully saturated rings. The van der Waals surface area contributed by atoms with Crippen LogP contribution < -0.4 is 5.14 Å². The second-order valence-corrected chi connectivity index (χ2v) is 6.02. The zero-order chi connectivity index (χ0) is 12.0. The highest BCUT2D eigenvalue weighted by Gasteiger charge is 2.54. The summed E-state index contributed by atoms with van der Waals surface area (Å²) in [5, 5.41) is 3.63. The van der Waals surface area contributed by atoms with E-state index in [4.69, 9.17) is 5.14 Å². The molecule has 0 spiro atoms. The topological polar surface area (TPSA) is 80.5 Å². The molecule has 1 saturated heterocycles. The maximum atomic E-state index is 11.9. The number of primary sulfonamides is 1. The standard InChI is InChI=1S/C5H6F3IN2O3S/c6-5(7,8)4(12)11-1-2(3(11)9)15(10,13)14/h2-3H,1H2,(H2,10,13,14). The van der Waals surface area contributed by atoms with Gasteiger partial charge in [-0.25, -0.2) is 13.6 Å². The van der Waals surface area contributed by atoms with Gasteiger partial charge in [-0.2, -0.15) is 13.2 Å². The van der Waals surface area contributed by atoms with Gasteiger partial charge in [-0.1, -0.05) is 22.6 Å². The zero-order valence-electron chi connectivity index (χ0n) is 7.03. The lowest BCUT2D eigenvalue weighted by molar-refractivity contribution is -0.189. The largest absolute Gasteiger partial charge is 0.471 e. The number of alkyl halides is 4. The van der Waals surface area contributed by atoms with Crippen LogP contribution in [0.1, 0.15) is 0 Å². The van der Waals surface area contributed by atoms with Gasteiger partial charge in [0.05, 0.1) is 0 Å². The number of nitrogens with two attached hydrogens (primary N) is 1. The Morgan fingerprint density at radius 2 is 1.93 bits per heavy atom. The molecule has 1 aliphatic rings. The molecular formula is C5H6F3IN2O3S. The quantitative estimate of drug-likeness (QED) is 0.401. The molecule has 0 bridgehead atoms. The molecule has 10 heteroatoms. The van der Waals surface area contributed by atoms with Gasteiger partial charge in [-0.05, 0) is 0 Å². The Morgan fingerprint density at radius 1 is 1.47 bits per heavy atom. The molecule has 1 aliphatic heterocycles. The van der Waals surface area contributed by atoms with E-state index in [-0.39, 0.29) is 0 Å². The lowest BCUT2D eigenvalue weighted by Crippen LogP contribution is -2.65. The van der Waals surface area contributed by atoms with Crippen molar-refractivity contribution in [1.29, 1.82) is 0 Å². The summed E-state index contributed by atoms with van der Waals surface area (Å²) in [4.78, 5) is 11.1. The van der Waals surface area contributed by atoms with Crippen molar-refractivity contribution in [3.63, 3.8) is 0 Å². The minimum absolute atomic E-state index is 0.426. The Labute approximate surface area is 97.0 Å². The molecule has 1 amide bonds. The summed E-state index contributed by atoms with van der Waals surface area (Å²) < 4.78 is 56.4. The molecule has 1 heterocycles. The van der Waals surface area contributed by atoms with Crippen LogP contribution in [0.5, 0.6) is 0 Å². The van der Waals surface area contributed by atoms with Gasteiger partial charge in [0.1, 0.15) is 9.30 Å². The third-order valence-corrected chi connectivity index (χ3v) is 5.19. The Hall–Kier alpha value is -0.100. The van der Waals surface area contributed by atoms with E-state index in [9.17, 15) is 26.4 Å². The highest BCUT2D eigenvalue weighted by atomic mass is 127. The summed E-state index contributed by atoms with van der Waals surface area (Å²) in [5.41, 5.74) is 0. The average molecular weight is 358 g/mol. The summed E-state index contributed by atoms with van der Waals surface area (Å²) in [6.45, 7) is -0.509. The molecular weight excluding hydrogens is 352 g/mol. The molecule has 0 saturated carbocycles. The number of amides is 1. The van der Waals surface area contributed by atoms with E-state index in [1.54, 1.807) is 0 Å². The van der Waals surface area contributed by atoms with E-state index < -0.39 is 38.0 Å². The summed E-state index contributed by atoms with van der Waals surface area (Å²) in [6, 6.07) is 0. The molecule has 2 atom stereocenters. The molecule has 2 N–H and O–H groups in total. The fourth-order valence-corrected chi connectivity index (χ4v) is 3.83. The molecule has 15 heavy (non-hydrogen) atoms. The number of halogens is 4. The Balaban J connectivity index is 2.72. The van der Waals surface area contributed by atoms with Crippen molar-refractivity contribution in [2.24, 2.45) is 5.14 Å². The Bertz CT molecular complexity index is 381. The predicted octanol–water partition coefficient (Wildman–Crippen LogP) is -0.191. The van der Waals surface area contributed by atoms with Gasteiger partial charge >= 0.3 is 12.1 Å². The second-order valence-electron chi connectivity index (χ2n) is 2.96. The Morgan fingerprint density at radius 3 is 2.20 bits per heavy atom. The van der Waals surface area contributed by atoms with Gasteiger partial charge in [0, 0.05) is 6.54 Å². The Kier molecular flexibility index (Phi) is 3.23. The number of hydrogen-bond acceptors (Lipinski definition) is 3. The van der Waals surface area contributed by atoms with Crippen LogP contribution in [-0.2, 0) is 14.8 Å². The van der Waals surface area contributed by atoms with Gasteiger partial charge in [0.25, 0.3) is 0 Å². The number of nitrogens with zero attached hydrogens (tertiary/aromatic N) is 1. The lowest BCUT2D eigenvalue weighted by atomic mass is 10.2. The SMILES string of the molecule is NS(=O)(=O)C1CN(C(=O)C(F)(F)F)C1I. The van der Waals surface area contributed by atoms with Gasteiger partial charge < -0.3 is 4.90 Å². The molecule has 0 aliphatic carbocycles. The summed E-state index contributed by atoms with van der Waals surface area (Å²) >= 11 is 1.44. The first kappa shape index (κ1) is 13.0. The molecule has 2 unspecified atom stereocenters. The van der Waals surface area contributed by atoms with E-state index in [1.807, 2.05) is 0 Å². The van der Waals surface area contributed by atoms with Crippen LogP contribution in [0.15, 0.2) is 0 Å². The molecule has 1 rings (SSSR count). The van der Waals surface area contributed by atoms with E-state index in [0.717, 1.165) is 0 Å². The summed E-state index contributed by atoms with van der Waals surface area (Å²) in [7, 11) is -3.90. The van der Waals surface area contributed by atoms with Crippen molar-refractivity contribution in [2.75, 3.05) is 6.54 Å². The highest BCUT2D eigenvalue weighted by Crippen LogP contribution is 2.32. The van der Waals surface area contributed by atoms with Gasteiger partial charge in [-0.15, -0.1) is 0 Å². The van der Waals surface area contributed by atoms with Gasteiger partial charge in [-0.3, -0.25) is 4.79 Å². The first-order chi connectivity index (χ1) is 6.55. The van der Waals surface area contributed by atoms with Gasteiger partial charge in [0.2, 0.25) is 10.0 Å². The van der Waals surface area contributed by atoms with Crippen molar-refractivity contribution in [2.45, 2.75) is 15.5 Å². The number of rotatable bonds is 1. The van der Waals surface area contributed by atoms with Crippen molar-refractivity contribution >= 4 is 38.5 Å². The monoisotopic (exact) mass is 358 g/mol. The van der Waals surface area contributed by atoms with Crippen molar-refractivity contribution < 1.29 is 26.4 Å². The number of hydrogen-bond donors (Lipinski definition) is 1. The third-order valence-electron chi connectivity index (χ3n) is 1.91. The number of carbonyl (C=O) groups excluding carboxylic acids is 1. The molecule has 0 aromatic rings. The van der Waals surface area contributed by atoms with Crippen LogP contribution in [0.3, 0.4) is 0 Å². The second kappa shape index (κ2) is 3.73. The minimum atomic E-state index is -4.98. The van der Waals surface area contributed by atoms with Crippen molar-refractivity contribution in [3.05, 3.63) is 0 Å². The summed E-state index contributed by atoms with van der Waals surface area (Å²) in [6.07, 6.45) is -4.98. The number of carbonyl (C=O) groups is 1. The van der Waals surface area contributed by atoms with Crippen LogP contribution in [0.25, 0.3) is 0 Å². The van der Waals surface area contributed by atoms with Crippen molar-refractivity contribution in [3.8, 4) is 0 Å². The highest BCUT2D eigenvalue weighted by molar-refractivity contribution is 14.1. The summed E-state index contributed by atoms with van der Waals surface area (Å²) in [5.74, 6) is -2.04. The van der Waals surface area contributed by atoms with Gasteiger partial charge in [0.15, 0.2) is 0 Å². The van der Waals surface area contributed by atoms with Crippen LogP contribution in [0, 0.1) is 0 Å². The van der Waals surface area contributed by atoms with Crippen LogP contribution in [-0.4, -0.2) is 41.2 Å². The van der Waals surface area contributed by atoms with E-state index in [1.165, 1.54) is 22.6 Å². The molecule has 5 nitrogen and oxygen atoms in total. The number of likely N-dealkylation sites (tertiary alicyclic amines) is 1. The molecule has 88 valence electrons. The molecule has 0 aromatic heterocycles. The van der Waals surface area contributed by atoms with Crippen LogP contribution in [0.4, 0.5) is 13.2 Å². The fraction of sp³-hybridized carbons (Fsp3) is 0.800.